The minimum atomic E-state index is -0.876. The summed E-state index contributed by atoms with van der Waals surface area (Å²) in [4.78, 5) is 19.8. The van der Waals surface area contributed by atoms with Crippen molar-refractivity contribution in [3.05, 3.63) is 56.2 Å². The van der Waals surface area contributed by atoms with Crippen molar-refractivity contribution in [2.24, 2.45) is 5.41 Å². The molecule has 1 saturated heterocycles. The van der Waals surface area contributed by atoms with E-state index in [1.54, 1.807) is 22.2 Å². The summed E-state index contributed by atoms with van der Waals surface area (Å²) in [5, 5.41) is 11.3. The number of hydrogen-bond acceptors (Lipinski definition) is 6. The lowest BCUT2D eigenvalue weighted by atomic mass is 9.74. The second-order valence-corrected chi connectivity index (χ2v) is 12.6. The van der Waals surface area contributed by atoms with Gasteiger partial charge >= 0.3 is 0 Å². The van der Waals surface area contributed by atoms with Crippen molar-refractivity contribution in [2.45, 2.75) is 60.2 Å². The standard InChI is InChI=1S/C27H30BrF2N7OS/c1-14-8-17(21-12-39-16(3)32-21)15(2)36(14)7-6-23(38)37-13-27(4,5)22(37)11-35-10-20(33-34-35)18-9-19(29)24(28)25(30)26(18)31/h8-10,12,22H,6-7,11,13,31H2,1-5H3. The number of carbonyl (C=O) groups excluding carboxylic acids is 1. The SMILES string of the molecule is Cc1nc(-c2cc(C)n(CCC(=O)N3CC(C)(C)C3Cn3cc(-c4cc(F)c(Br)c(F)c4N)nn3)c2C)cs1. The Balaban J connectivity index is 1.28. The van der Waals surface area contributed by atoms with Crippen LogP contribution < -0.4 is 5.73 Å². The normalized spacial score (nSPS) is 16.5. The van der Waals surface area contributed by atoms with Gasteiger partial charge in [-0.2, -0.15) is 0 Å². The van der Waals surface area contributed by atoms with Crippen LogP contribution in [0, 0.1) is 37.8 Å². The predicted molar refractivity (Wildman–Crippen MR) is 151 cm³/mol. The van der Waals surface area contributed by atoms with Crippen molar-refractivity contribution in [2.75, 3.05) is 12.3 Å². The molecule has 0 radical (unpaired) electrons. The Kier molecular flexibility index (Phi) is 7.13. The second-order valence-electron chi connectivity index (χ2n) is 10.7. The summed E-state index contributed by atoms with van der Waals surface area (Å²) in [7, 11) is 0. The smallest absolute Gasteiger partial charge is 0.224 e. The van der Waals surface area contributed by atoms with Crippen LogP contribution in [-0.2, 0) is 17.9 Å². The van der Waals surface area contributed by atoms with Gasteiger partial charge in [0, 0.05) is 52.8 Å². The first kappa shape index (κ1) is 27.4. The van der Waals surface area contributed by atoms with Crippen molar-refractivity contribution < 1.29 is 13.6 Å². The van der Waals surface area contributed by atoms with Gasteiger partial charge in [-0.05, 0) is 48.8 Å². The summed E-state index contributed by atoms with van der Waals surface area (Å²) in [6, 6.07) is 3.16. The molecule has 0 saturated carbocycles. The number of nitrogens with zero attached hydrogens (tertiary/aromatic N) is 6. The number of rotatable bonds is 7. The minimum Gasteiger partial charge on any atom is -0.396 e. The molecule has 1 amide bonds. The first-order chi connectivity index (χ1) is 18.4. The lowest BCUT2D eigenvalue weighted by molar-refractivity contribution is -0.153. The van der Waals surface area contributed by atoms with Gasteiger partial charge in [0.15, 0.2) is 5.82 Å². The molecule has 0 spiro atoms. The first-order valence-corrected chi connectivity index (χ1v) is 14.3. The number of hydrogen-bond donors (Lipinski definition) is 1. The van der Waals surface area contributed by atoms with E-state index in [4.69, 9.17) is 5.73 Å². The zero-order valence-corrected chi connectivity index (χ0v) is 24.8. The maximum Gasteiger partial charge on any atom is 0.224 e. The summed E-state index contributed by atoms with van der Waals surface area (Å²) in [6.07, 6.45) is 1.97. The van der Waals surface area contributed by atoms with E-state index < -0.39 is 11.6 Å². The fourth-order valence-corrected chi connectivity index (χ4v) is 6.26. The van der Waals surface area contributed by atoms with Gasteiger partial charge in [-0.1, -0.05) is 19.1 Å². The summed E-state index contributed by atoms with van der Waals surface area (Å²) >= 11 is 4.48. The highest BCUT2D eigenvalue weighted by Crippen LogP contribution is 2.39. The lowest BCUT2D eigenvalue weighted by Crippen LogP contribution is -2.65. The topological polar surface area (TPSA) is 94.9 Å². The zero-order valence-electron chi connectivity index (χ0n) is 22.4. The van der Waals surface area contributed by atoms with Crippen LogP contribution in [0.15, 0.2) is 28.2 Å². The Morgan fingerprint density at radius 3 is 2.62 bits per heavy atom. The number of nitrogen functional groups attached to an aromatic ring is 1. The van der Waals surface area contributed by atoms with E-state index in [0.29, 0.717) is 26.1 Å². The summed E-state index contributed by atoms with van der Waals surface area (Å²) in [5.74, 6) is -1.58. The van der Waals surface area contributed by atoms with E-state index in [-0.39, 0.29) is 38.8 Å². The van der Waals surface area contributed by atoms with Crippen molar-refractivity contribution in [3.63, 3.8) is 0 Å². The van der Waals surface area contributed by atoms with Crippen LogP contribution in [0.3, 0.4) is 0 Å². The Bertz CT molecular complexity index is 1570. The van der Waals surface area contributed by atoms with Gasteiger partial charge in [0.2, 0.25) is 5.91 Å². The Hall–Kier alpha value is -3.12. The van der Waals surface area contributed by atoms with Gasteiger partial charge in [-0.3, -0.25) is 4.79 Å². The second kappa shape index (κ2) is 10.1. The van der Waals surface area contributed by atoms with Gasteiger partial charge in [-0.15, -0.1) is 16.4 Å². The summed E-state index contributed by atoms with van der Waals surface area (Å²) in [6.45, 7) is 12.0. The molecule has 4 heterocycles. The van der Waals surface area contributed by atoms with Crippen LogP contribution in [-0.4, -0.2) is 47.9 Å². The molecule has 0 bridgehead atoms. The summed E-state index contributed by atoms with van der Waals surface area (Å²) in [5.41, 5.74) is 10.2. The van der Waals surface area contributed by atoms with Crippen LogP contribution in [0.1, 0.15) is 36.7 Å². The van der Waals surface area contributed by atoms with E-state index in [1.165, 1.54) is 0 Å². The average molecular weight is 619 g/mol. The average Bonchev–Trinajstić information content (AvgIpc) is 3.60. The van der Waals surface area contributed by atoms with E-state index in [1.807, 2.05) is 18.7 Å². The molecule has 2 N–H and O–H groups in total. The number of amides is 1. The fourth-order valence-electron chi connectivity index (χ4n) is 5.32. The Morgan fingerprint density at radius 1 is 1.21 bits per heavy atom. The van der Waals surface area contributed by atoms with Crippen molar-refractivity contribution in [1.29, 1.82) is 0 Å². The molecule has 4 aromatic rings. The quantitative estimate of drug-likeness (QED) is 0.211. The molecule has 1 aliphatic heterocycles. The largest absolute Gasteiger partial charge is 0.396 e. The van der Waals surface area contributed by atoms with Crippen LogP contribution in [0.25, 0.3) is 22.5 Å². The van der Waals surface area contributed by atoms with E-state index in [0.717, 1.165) is 33.7 Å². The minimum absolute atomic E-state index is 0.0690. The molecule has 1 aromatic carbocycles. The van der Waals surface area contributed by atoms with Crippen LogP contribution in [0.5, 0.6) is 0 Å². The molecule has 1 atom stereocenters. The van der Waals surface area contributed by atoms with Crippen molar-refractivity contribution >= 4 is 38.9 Å². The maximum absolute atomic E-state index is 14.3. The van der Waals surface area contributed by atoms with Gasteiger partial charge in [-0.25, -0.2) is 18.4 Å². The fraction of sp³-hybridized carbons (Fsp3) is 0.407. The molecule has 206 valence electrons. The van der Waals surface area contributed by atoms with Crippen LogP contribution in [0.4, 0.5) is 14.5 Å². The van der Waals surface area contributed by atoms with Gasteiger partial charge in [0.1, 0.15) is 11.5 Å². The first-order valence-electron chi connectivity index (χ1n) is 12.6. The molecule has 1 fully saturated rings. The molecule has 1 aliphatic rings. The number of benzene rings is 1. The van der Waals surface area contributed by atoms with E-state index >= 15 is 0 Å². The maximum atomic E-state index is 14.3. The molecule has 0 aliphatic carbocycles. The third-order valence-electron chi connectivity index (χ3n) is 7.57. The molecular weight excluding hydrogens is 588 g/mol. The number of halogens is 3. The lowest BCUT2D eigenvalue weighted by Gasteiger charge is -2.54. The Morgan fingerprint density at radius 2 is 1.95 bits per heavy atom. The molecule has 12 heteroatoms. The summed E-state index contributed by atoms with van der Waals surface area (Å²) < 4.78 is 31.8. The zero-order chi connectivity index (χ0) is 28.2. The molecule has 1 unspecified atom stereocenters. The molecule has 5 rings (SSSR count). The third kappa shape index (κ3) is 5.00. The number of nitrogens with two attached hydrogens (primary N) is 1. The number of likely N-dealkylation sites (tertiary alicyclic amines) is 1. The van der Waals surface area contributed by atoms with Gasteiger partial charge in [0.05, 0.1) is 39.6 Å². The van der Waals surface area contributed by atoms with Crippen LogP contribution >= 0.6 is 27.3 Å². The highest BCUT2D eigenvalue weighted by atomic mass is 79.9. The van der Waals surface area contributed by atoms with Crippen molar-refractivity contribution in [3.8, 4) is 22.5 Å². The highest BCUT2D eigenvalue weighted by molar-refractivity contribution is 9.10. The molecular formula is C27H30BrF2N7OS. The third-order valence-corrected chi connectivity index (χ3v) is 9.07. The number of aryl methyl sites for hydroxylation is 2. The number of thiazole rings is 1. The monoisotopic (exact) mass is 617 g/mol. The number of anilines is 1. The van der Waals surface area contributed by atoms with E-state index in [2.05, 4.69) is 68.0 Å². The molecule has 3 aromatic heterocycles. The predicted octanol–water partition coefficient (Wildman–Crippen LogP) is 5.75. The molecule has 39 heavy (non-hydrogen) atoms. The van der Waals surface area contributed by atoms with Gasteiger partial charge < -0.3 is 15.2 Å². The highest BCUT2D eigenvalue weighted by Gasteiger charge is 2.48. The Labute approximate surface area is 238 Å². The number of aromatic nitrogens is 5. The van der Waals surface area contributed by atoms with Crippen LogP contribution in [0.2, 0.25) is 0 Å². The van der Waals surface area contributed by atoms with Crippen molar-refractivity contribution in [1.82, 2.24) is 29.4 Å². The van der Waals surface area contributed by atoms with E-state index in [9.17, 15) is 13.6 Å². The van der Waals surface area contributed by atoms with Gasteiger partial charge in [0.25, 0.3) is 0 Å². The number of carbonyl (C=O) groups is 1. The molecule has 8 nitrogen and oxygen atoms in total.